The second-order valence-electron chi connectivity index (χ2n) is 29.2. The minimum atomic E-state index is -6.09. The number of aliphatic hydroxyl groups excluding tert-OH is 13. The summed E-state index contributed by atoms with van der Waals surface area (Å²) in [5.41, 5.74) is 5.49. The van der Waals surface area contributed by atoms with Gasteiger partial charge in [0, 0.05) is 34.3 Å². The molecule has 0 aromatic carbocycles. The van der Waals surface area contributed by atoms with Gasteiger partial charge in [0.05, 0.1) is 26.4 Å². The number of nitrogens with one attached hydrogen (secondary N) is 4. The van der Waals surface area contributed by atoms with Gasteiger partial charge in [-0.2, -0.15) is 33.7 Å². The molecule has 0 saturated carbocycles. The monoisotopic (exact) mass is 1940 g/mol. The first-order chi connectivity index (χ1) is 59.1. The number of ether oxygens (including phenoxy) is 16. The molecule has 66 heteroatoms. The molecule has 40 atom stereocenters. The third-order valence-electron chi connectivity index (χ3n) is 20.1. The Balaban J connectivity index is 1.04. The predicted octanol–water partition coefficient (Wildman–Crippen LogP) is -17.0. The highest BCUT2D eigenvalue weighted by atomic mass is 32.3. The zero-order valence-corrected chi connectivity index (χ0v) is 69.0. The van der Waals surface area contributed by atoms with E-state index in [4.69, 9.17) is 81.5 Å². The molecule has 4 amide bonds. The van der Waals surface area contributed by atoms with Crippen molar-refractivity contribution in [3.05, 3.63) is 0 Å². The van der Waals surface area contributed by atoms with Crippen LogP contribution in [0.1, 0.15) is 47.0 Å². The van der Waals surface area contributed by atoms with Gasteiger partial charge in [0.1, 0.15) is 146 Å². The van der Waals surface area contributed by atoms with Crippen molar-refractivity contribution in [3.8, 4) is 0 Å². The molecule has 27 N–H and O–H groups in total. The van der Waals surface area contributed by atoms with Gasteiger partial charge in [-0.3, -0.25) is 37.4 Å². The number of carbonyl (C=O) groups is 8. The van der Waals surface area contributed by atoms with E-state index in [1.54, 1.807) is 0 Å². The molecular weight excluding hydrogens is 1840 g/mol. The number of carbonyl (C=O) groups excluding carboxylic acids is 4. The lowest BCUT2D eigenvalue weighted by molar-refractivity contribution is -0.379. The van der Waals surface area contributed by atoms with Crippen LogP contribution in [0.3, 0.4) is 0 Å². The molecule has 62 nitrogen and oxygen atoms in total. The fraction of sp³-hybridized carbons (Fsp3) is 0.869. The van der Waals surface area contributed by atoms with Gasteiger partial charge in [-0.1, -0.05) is 0 Å². The molecule has 8 fully saturated rings. The number of aliphatic carboxylic acids is 4. The molecule has 8 rings (SSSR count). The van der Waals surface area contributed by atoms with Crippen molar-refractivity contribution >= 4 is 89.1 Å². The van der Waals surface area contributed by atoms with Crippen LogP contribution in [0.25, 0.3) is 0 Å². The predicted molar refractivity (Wildman–Crippen MR) is 381 cm³/mol. The number of nitrogens with two attached hydrogens (primary N) is 1. The van der Waals surface area contributed by atoms with Crippen LogP contribution in [-0.4, -0.2) is 471 Å². The average molecular weight is 1940 g/mol. The van der Waals surface area contributed by atoms with E-state index in [0.29, 0.717) is 19.8 Å². The molecule has 8 aliphatic rings. The molecule has 0 spiro atoms. The van der Waals surface area contributed by atoms with E-state index in [2.05, 4.69) is 32.7 Å². The summed E-state index contributed by atoms with van der Waals surface area (Å²) in [5, 5.41) is 198. The van der Waals surface area contributed by atoms with Gasteiger partial charge in [0.15, 0.2) is 99.2 Å². The minimum absolute atomic E-state index is 0.181. The van der Waals surface area contributed by atoms with E-state index in [1.165, 1.54) is 0 Å². The Morgan fingerprint density at radius 1 is 0.291 bits per heavy atom. The maximum Gasteiger partial charge on any atom is 0.397 e. The van der Waals surface area contributed by atoms with Gasteiger partial charge < -0.3 is 190 Å². The Bertz CT molecular complexity index is 4230. The molecule has 8 heterocycles. The summed E-state index contributed by atoms with van der Waals surface area (Å²) in [6, 6.07) is -8.93. The molecule has 0 aliphatic carbocycles. The molecule has 0 radical (unpaired) electrons. The average Bonchev–Trinajstić information content (AvgIpc) is 0.760. The smallest absolute Gasteiger partial charge is 0.397 e. The minimum Gasteiger partial charge on any atom is -0.479 e. The highest BCUT2D eigenvalue weighted by molar-refractivity contribution is 7.81. The van der Waals surface area contributed by atoms with Crippen LogP contribution < -0.4 is 27.0 Å². The lowest BCUT2D eigenvalue weighted by atomic mass is 9.93. The summed E-state index contributed by atoms with van der Waals surface area (Å²) >= 11 is 0. The third kappa shape index (κ3) is 27.0. The second kappa shape index (κ2) is 44.7. The number of aliphatic hydroxyl groups is 13. The van der Waals surface area contributed by atoms with E-state index in [-0.39, 0.29) is 19.6 Å². The van der Waals surface area contributed by atoms with Crippen LogP contribution in [-0.2, 0) is 172 Å². The molecule has 0 aromatic rings. The number of carboxylic acids is 4. The first-order valence-electron chi connectivity index (χ1n) is 37.4. The van der Waals surface area contributed by atoms with E-state index in [1.807, 2.05) is 5.32 Å². The van der Waals surface area contributed by atoms with Gasteiger partial charge in [-0.15, -0.1) is 0 Å². The molecule has 2 unspecified atom stereocenters. The summed E-state index contributed by atoms with van der Waals surface area (Å²) in [5.74, 6) is -13.3. The Hall–Kier alpha value is -5.96. The topological polar surface area (TPSA) is 957 Å². The van der Waals surface area contributed by atoms with E-state index < -0.39 is 361 Å². The van der Waals surface area contributed by atoms with Crippen molar-refractivity contribution in [2.24, 2.45) is 5.73 Å². The maximum absolute atomic E-state index is 13.3. The number of carboxylic acid groups (broad SMARTS) is 4. The molecule has 127 heavy (non-hydrogen) atoms. The first-order valence-corrected chi connectivity index (χ1v) is 42.9. The van der Waals surface area contributed by atoms with Crippen LogP contribution in [0, 0.1) is 0 Å². The quantitative estimate of drug-likeness (QED) is 0.0200. The standard InChI is InChI=1S/C61H97N5O57S4/c1-14(71)63-22-27(76)26(75)18(10-67)105-54(22)112-39-32(81)43(121-125(95,96)97)59(117-47(39)51(86)87)109-36-20(12-69)107-56(24(29(36)78)65-16(3)73)114-41-34(83)45(123-127(101,102)103)61(119-49(41)53(90)91)111-37-21(13-70)108-57(25(30(37)79)66-17(4)74)115-40-33(82)44(122-126(98,99)100)60(118-48(40)52(88)89)110-35-19(11-68)106-55(23(28(35)77)64-15(2)72)113-38-31(80)42(120-124(92,93)94)58(116-46(38)50(84)85)104-9-7-5-6-8-62/h18-49,54-61,67-70,75-83H,5-13,62H2,1-4H3,(H,63,71)(H,64,72)(H,65,73)(H,66,74)(H,84,85)(H,86,87)(H,88,89)(H,90,91)(H,92,93,94)(H,95,96,97)(H,98,99,100)(H,101,102,103)/t18-,19-,20-,21-,22-,23-,24-,25-,26-,27-,28-,29-,30-,31+,32+,33+,34+,35-,36-,37-,38+,39+,40+,41+,42-,43-,44-,45-,46?,47-,48-,49?,54-,55-,56-,57-,58-,59-,60-,61-/m1/s1. The Kier molecular flexibility index (Phi) is 37.5. The SMILES string of the molecule is CC(=O)N[C@H]1[C@@H](O[C@@H]2C(C(=O)O)O[C@@H](OCCCCCN)[C@H](OS(=O)(=O)O)[C@H]2O)O[C@H](CO)[C@@H](O[C@@H]2O[C@@H](C(=O)O)[C@@H](O[C@H]3O[C@H](CO)[C@@H](O[C@@H]4OC(C(=O)O)[C@@H](O[C@H]5O[C@H](CO)[C@@H](O[C@@H]6O[C@@H](C(=O)O)[C@@H](O[C@H]7O[C@H](CO)[C@@H](O)[C@H](O)[C@H]7NC(C)=O)[C@H](O)[C@H]6OS(=O)(=O)O)[C@H](O)[C@H]5NC(C)=O)[C@H](O)[C@H]4OS(=O)(=O)O)[C@H](O)[C@H]3NC(C)=O)[C@H](O)[C@H]2OS(=O)(=O)O)[C@@H]1O. The number of hydrogen-bond acceptors (Lipinski definition) is 50. The number of unbranched alkanes of at least 4 members (excludes halogenated alkanes) is 2. The highest BCUT2D eigenvalue weighted by Crippen LogP contribution is 2.42. The molecule has 732 valence electrons. The zero-order valence-electron chi connectivity index (χ0n) is 65.8. The summed E-state index contributed by atoms with van der Waals surface area (Å²) in [6.45, 7) is -2.63. The van der Waals surface area contributed by atoms with E-state index in [0.717, 1.165) is 20.8 Å². The summed E-state index contributed by atoms with van der Waals surface area (Å²) in [4.78, 5) is 103. The lowest BCUT2D eigenvalue weighted by Gasteiger charge is -2.51. The summed E-state index contributed by atoms with van der Waals surface area (Å²) < 4.78 is 248. The Labute approximate surface area is 715 Å². The van der Waals surface area contributed by atoms with Crippen molar-refractivity contribution in [1.29, 1.82) is 0 Å². The number of rotatable bonds is 40. The molecule has 8 aliphatic heterocycles. The van der Waals surface area contributed by atoms with Crippen LogP contribution >= 0.6 is 0 Å². The van der Waals surface area contributed by atoms with Gasteiger partial charge in [0.2, 0.25) is 23.6 Å². The largest absolute Gasteiger partial charge is 0.479 e. The Morgan fingerprint density at radius 2 is 0.520 bits per heavy atom. The number of amides is 4. The fourth-order valence-electron chi connectivity index (χ4n) is 14.7. The van der Waals surface area contributed by atoms with Gasteiger partial charge in [-0.25, -0.2) is 35.9 Å². The molecule has 0 bridgehead atoms. The normalized spacial score (nSPS) is 41.2. The van der Waals surface area contributed by atoms with Crippen LogP contribution in [0.5, 0.6) is 0 Å². The van der Waals surface area contributed by atoms with Crippen LogP contribution in [0.4, 0.5) is 0 Å². The number of hydrogen-bond donors (Lipinski definition) is 26. The van der Waals surface area contributed by atoms with Gasteiger partial charge in [0.25, 0.3) is 0 Å². The van der Waals surface area contributed by atoms with Crippen molar-refractivity contribution in [2.75, 3.05) is 39.6 Å². The van der Waals surface area contributed by atoms with Crippen molar-refractivity contribution in [2.45, 2.75) is 292 Å². The summed E-state index contributed by atoms with van der Waals surface area (Å²) in [6.07, 6.45) is -92.1. The van der Waals surface area contributed by atoms with E-state index >= 15 is 0 Å². The molecule has 0 aromatic heterocycles. The lowest BCUT2D eigenvalue weighted by Crippen LogP contribution is -2.71. The van der Waals surface area contributed by atoms with Crippen molar-refractivity contribution < 1.29 is 270 Å². The van der Waals surface area contributed by atoms with Crippen molar-refractivity contribution in [3.63, 3.8) is 0 Å². The summed E-state index contributed by atoms with van der Waals surface area (Å²) in [7, 11) is -23.6. The highest BCUT2D eigenvalue weighted by Gasteiger charge is 2.64. The van der Waals surface area contributed by atoms with Gasteiger partial charge >= 0.3 is 65.5 Å². The van der Waals surface area contributed by atoms with Crippen LogP contribution in [0.2, 0.25) is 0 Å². The first kappa shape index (κ1) is 106. The zero-order chi connectivity index (χ0) is 95.0. The third-order valence-corrected chi connectivity index (χ3v) is 21.9. The fourth-order valence-corrected chi connectivity index (χ4v) is 16.6. The van der Waals surface area contributed by atoms with E-state index in [9.17, 15) is 177 Å². The van der Waals surface area contributed by atoms with Gasteiger partial charge in [-0.05, 0) is 25.8 Å². The Morgan fingerprint density at radius 3 is 0.748 bits per heavy atom. The van der Waals surface area contributed by atoms with Crippen LogP contribution in [0.15, 0.2) is 0 Å². The second-order valence-corrected chi connectivity index (χ2v) is 33.3. The van der Waals surface area contributed by atoms with Crippen molar-refractivity contribution in [1.82, 2.24) is 21.3 Å². The molecule has 8 saturated heterocycles. The molecular formula is C61H97N5O57S4. The maximum atomic E-state index is 13.3.